The summed E-state index contributed by atoms with van der Waals surface area (Å²) in [5.41, 5.74) is 2.08. The van der Waals surface area contributed by atoms with Crippen LogP contribution in [0.1, 0.15) is 41.6 Å². The maximum atomic E-state index is 14.4. The van der Waals surface area contributed by atoms with Gasteiger partial charge in [0.2, 0.25) is 0 Å². The fourth-order valence-electron chi connectivity index (χ4n) is 4.61. The predicted octanol–water partition coefficient (Wildman–Crippen LogP) is 4.27. The zero-order valence-electron chi connectivity index (χ0n) is 18.8. The minimum Gasteiger partial charge on any atom is -0.393 e. The number of aromatic amines is 1. The average molecular weight is 495 g/mol. The largest absolute Gasteiger partial charge is 0.393 e. The van der Waals surface area contributed by atoms with Crippen molar-refractivity contribution in [3.8, 4) is 11.1 Å². The Bertz CT molecular complexity index is 1460. The van der Waals surface area contributed by atoms with Crippen molar-refractivity contribution in [2.75, 3.05) is 0 Å². The highest BCUT2D eigenvalue weighted by Crippen LogP contribution is 2.28. The number of halogens is 2. The van der Waals surface area contributed by atoms with E-state index in [1.165, 1.54) is 16.7 Å². The molecule has 5 rings (SSSR count). The molecule has 1 amide bonds. The van der Waals surface area contributed by atoms with Gasteiger partial charge in [0.05, 0.1) is 12.6 Å². The number of hydrogen-bond acceptors (Lipinski definition) is 4. The molecule has 0 bridgehead atoms. The van der Waals surface area contributed by atoms with Gasteiger partial charge in [0.25, 0.3) is 11.5 Å². The Morgan fingerprint density at radius 3 is 2.71 bits per heavy atom. The Hall–Kier alpha value is -3.49. The lowest BCUT2D eigenvalue weighted by Crippen LogP contribution is -2.38. The lowest BCUT2D eigenvalue weighted by atomic mass is 9.93. The minimum atomic E-state index is -0.540. The van der Waals surface area contributed by atoms with E-state index < -0.39 is 5.82 Å². The molecule has 3 N–H and O–H groups in total. The van der Waals surface area contributed by atoms with Gasteiger partial charge in [-0.3, -0.25) is 14.7 Å². The van der Waals surface area contributed by atoms with Gasteiger partial charge in [-0.1, -0.05) is 17.7 Å². The van der Waals surface area contributed by atoms with Gasteiger partial charge < -0.3 is 15.0 Å². The molecule has 2 aromatic carbocycles. The number of aliphatic hydroxyl groups excluding tert-OH is 1. The zero-order valence-corrected chi connectivity index (χ0v) is 19.6. The zero-order chi connectivity index (χ0) is 24.5. The second kappa shape index (κ2) is 9.64. The molecule has 0 radical (unpaired) electrons. The molecular weight excluding hydrogens is 471 g/mol. The summed E-state index contributed by atoms with van der Waals surface area (Å²) in [5, 5.41) is 20.8. The Kier molecular flexibility index (Phi) is 6.40. The van der Waals surface area contributed by atoms with Gasteiger partial charge in [0.1, 0.15) is 5.82 Å². The fraction of sp³-hybridized carbons (Fsp3) is 0.269. The van der Waals surface area contributed by atoms with Crippen LogP contribution in [0.5, 0.6) is 0 Å². The molecular formula is C26H24ClFN4O3. The van der Waals surface area contributed by atoms with Crippen molar-refractivity contribution in [2.45, 2.75) is 44.4 Å². The van der Waals surface area contributed by atoms with Crippen LogP contribution in [-0.2, 0) is 6.54 Å². The first-order valence-electron chi connectivity index (χ1n) is 11.5. The first-order valence-corrected chi connectivity index (χ1v) is 11.9. The topological polar surface area (TPSA) is 100 Å². The van der Waals surface area contributed by atoms with Crippen LogP contribution in [0.2, 0.25) is 5.15 Å². The first kappa shape index (κ1) is 23.3. The van der Waals surface area contributed by atoms with E-state index in [0.29, 0.717) is 41.8 Å². The number of carbonyl (C=O) groups excluding carboxylic acids is 1. The molecule has 0 aliphatic heterocycles. The van der Waals surface area contributed by atoms with Gasteiger partial charge in [-0.2, -0.15) is 5.10 Å². The van der Waals surface area contributed by atoms with Crippen LogP contribution in [0.3, 0.4) is 0 Å². The molecule has 0 spiro atoms. The Morgan fingerprint density at radius 2 is 1.97 bits per heavy atom. The van der Waals surface area contributed by atoms with Gasteiger partial charge in [-0.05, 0) is 78.6 Å². The maximum Gasteiger partial charge on any atom is 0.258 e. The number of H-pyrrole nitrogens is 1. The smallest absolute Gasteiger partial charge is 0.258 e. The van der Waals surface area contributed by atoms with Crippen LogP contribution >= 0.6 is 11.6 Å². The normalized spacial score (nSPS) is 18.0. The summed E-state index contributed by atoms with van der Waals surface area (Å²) in [5.74, 6) is -0.898. The highest BCUT2D eigenvalue weighted by molar-refractivity contribution is 6.32. The van der Waals surface area contributed by atoms with Gasteiger partial charge in [0.15, 0.2) is 5.15 Å². The fourth-order valence-corrected chi connectivity index (χ4v) is 4.83. The molecule has 2 heterocycles. The molecule has 7 nitrogen and oxygen atoms in total. The summed E-state index contributed by atoms with van der Waals surface area (Å²) >= 11 is 6.10. The molecule has 9 heteroatoms. The van der Waals surface area contributed by atoms with E-state index in [4.69, 9.17) is 11.6 Å². The van der Waals surface area contributed by atoms with Gasteiger partial charge in [-0.15, -0.1) is 0 Å². The number of aromatic nitrogens is 3. The molecule has 0 saturated heterocycles. The molecule has 35 heavy (non-hydrogen) atoms. The SMILES string of the molecule is O=C(N[C@H]1CC[C@@H](O)CC1)c1cc(F)cc(Cn2ccc3cc(-c4c[nH]nc4Cl)ccc3c2=O)c1. The second-order valence-corrected chi connectivity index (χ2v) is 9.33. The standard InChI is InChI=1S/C26H24ClFN4O3/c27-24-23(13-29-31-24)16-1-6-22-17(11-16)7-8-32(26(22)35)14-15-9-18(12-19(28)10-15)25(34)30-20-2-4-21(33)5-3-20/h1,6-13,20-21,33H,2-5,14H2,(H,29,31)(H,30,34)/t20-,21+. The number of rotatable bonds is 5. The van der Waals surface area contributed by atoms with Crippen molar-refractivity contribution in [3.05, 3.63) is 87.3 Å². The lowest BCUT2D eigenvalue weighted by molar-refractivity contribution is 0.0867. The summed E-state index contributed by atoms with van der Waals surface area (Å²) < 4.78 is 15.9. The first-order chi connectivity index (χ1) is 16.9. The van der Waals surface area contributed by atoms with Crippen molar-refractivity contribution in [1.29, 1.82) is 0 Å². The van der Waals surface area contributed by atoms with Gasteiger partial charge in [0, 0.05) is 34.9 Å². The number of nitrogens with one attached hydrogen (secondary N) is 2. The van der Waals surface area contributed by atoms with Crippen LogP contribution in [0.15, 0.2) is 59.7 Å². The van der Waals surface area contributed by atoms with E-state index in [1.807, 2.05) is 12.1 Å². The molecule has 1 aliphatic rings. The number of pyridine rings is 1. The van der Waals surface area contributed by atoms with Crippen molar-refractivity contribution >= 4 is 28.3 Å². The van der Waals surface area contributed by atoms with Gasteiger partial charge >= 0.3 is 0 Å². The molecule has 2 aromatic heterocycles. The number of nitrogens with zero attached hydrogens (tertiary/aromatic N) is 2. The van der Waals surface area contributed by atoms with Gasteiger partial charge in [-0.25, -0.2) is 4.39 Å². The maximum absolute atomic E-state index is 14.4. The van der Waals surface area contributed by atoms with Crippen LogP contribution in [0.4, 0.5) is 4.39 Å². The molecule has 0 atom stereocenters. The van der Waals surface area contributed by atoms with Crippen molar-refractivity contribution in [3.63, 3.8) is 0 Å². The Balaban J connectivity index is 1.38. The molecule has 0 unspecified atom stereocenters. The van der Waals surface area contributed by atoms with E-state index in [0.717, 1.165) is 16.5 Å². The summed E-state index contributed by atoms with van der Waals surface area (Å²) in [7, 11) is 0. The molecule has 1 saturated carbocycles. The van der Waals surface area contributed by atoms with E-state index in [2.05, 4.69) is 15.5 Å². The number of hydrogen-bond donors (Lipinski definition) is 3. The van der Waals surface area contributed by atoms with Crippen LogP contribution in [0, 0.1) is 5.82 Å². The van der Waals surface area contributed by atoms with E-state index in [9.17, 15) is 19.1 Å². The monoisotopic (exact) mass is 494 g/mol. The number of carbonyl (C=O) groups is 1. The lowest BCUT2D eigenvalue weighted by Gasteiger charge is -2.26. The number of aliphatic hydroxyl groups is 1. The molecule has 1 aliphatic carbocycles. The Labute approximate surface area is 205 Å². The van der Waals surface area contributed by atoms with Crippen molar-refractivity contribution in [2.24, 2.45) is 0 Å². The molecule has 1 fully saturated rings. The minimum absolute atomic E-state index is 0.0393. The van der Waals surface area contributed by atoms with Crippen LogP contribution in [-0.4, -0.2) is 37.9 Å². The average Bonchev–Trinajstić information content (AvgIpc) is 3.27. The number of fused-ring (bicyclic) bond motifs is 1. The summed E-state index contributed by atoms with van der Waals surface area (Å²) in [4.78, 5) is 25.8. The third-order valence-corrected chi connectivity index (χ3v) is 6.77. The molecule has 180 valence electrons. The summed E-state index contributed by atoms with van der Waals surface area (Å²) in [6.07, 6.45) is 5.69. The third-order valence-electron chi connectivity index (χ3n) is 6.49. The number of benzene rings is 2. The van der Waals surface area contributed by atoms with E-state index in [1.54, 1.807) is 30.6 Å². The van der Waals surface area contributed by atoms with Crippen molar-refractivity contribution in [1.82, 2.24) is 20.1 Å². The molecule has 4 aromatic rings. The second-order valence-electron chi connectivity index (χ2n) is 8.97. The highest BCUT2D eigenvalue weighted by Gasteiger charge is 2.21. The van der Waals surface area contributed by atoms with E-state index in [-0.39, 0.29) is 35.7 Å². The highest BCUT2D eigenvalue weighted by atomic mass is 35.5. The number of amides is 1. The van der Waals surface area contributed by atoms with E-state index >= 15 is 0 Å². The van der Waals surface area contributed by atoms with Crippen LogP contribution < -0.4 is 10.9 Å². The van der Waals surface area contributed by atoms with Crippen molar-refractivity contribution < 1.29 is 14.3 Å². The Morgan fingerprint density at radius 1 is 1.17 bits per heavy atom. The summed E-state index contributed by atoms with van der Waals surface area (Å²) in [6, 6.07) is 11.3. The third kappa shape index (κ3) is 4.99. The van der Waals surface area contributed by atoms with Crippen LogP contribution in [0.25, 0.3) is 21.9 Å². The quantitative estimate of drug-likeness (QED) is 0.386. The summed E-state index contributed by atoms with van der Waals surface area (Å²) in [6.45, 7) is 0.123. The predicted molar refractivity (Wildman–Crippen MR) is 132 cm³/mol.